The summed E-state index contributed by atoms with van der Waals surface area (Å²) in [6.45, 7) is 5.94. The van der Waals surface area contributed by atoms with E-state index in [1.807, 2.05) is 13.8 Å². The molecule has 0 aliphatic heterocycles. The van der Waals surface area contributed by atoms with Gasteiger partial charge in [0.1, 0.15) is 18.3 Å². The lowest BCUT2D eigenvalue weighted by molar-refractivity contribution is -0.139. The Morgan fingerprint density at radius 3 is 2.23 bits per heavy atom. The highest BCUT2D eigenvalue weighted by Crippen LogP contribution is 2.27. The number of hydrogen-bond donors (Lipinski definition) is 1. The first-order valence-electron chi connectivity index (χ1n) is 13.3. The van der Waals surface area contributed by atoms with Crippen molar-refractivity contribution in [1.82, 2.24) is 10.2 Å². The van der Waals surface area contributed by atoms with Crippen LogP contribution in [0.5, 0.6) is 5.75 Å². The van der Waals surface area contributed by atoms with Crippen LogP contribution in [0.2, 0.25) is 5.02 Å². The van der Waals surface area contributed by atoms with E-state index in [0.717, 1.165) is 17.1 Å². The van der Waals surface area contributed by atoms with Gasteiger partial charge in [0.2, 0.25) is 11.8 Å². The number of sulfonamides is 1. The number of hydrogen-bond acceptors (Lipinski definition) is 5. The first kappa shape index (κ1) is 31.0. The molecule has 8 nitrogen and oxygen atoms in total. The van der Waals surface area contributed by atoms with E-state index in [-0.39, 0.29) is 17.3 Å². The topological polar surface area (TPSA) is 96.0 Å². The number of ether oxygens (including phenoxy) is 1. The Bertz CT molecular complexity index is 1370. The molecule has 0 aliphatic rings. The molecule has 0 fully saturated rings. The number of carbonyl (C=O) groups is 2. The second-order valence-corrected chi connectivity index (χ2v) is 11.5. The number of rotatable bonds is 14. The summed E-state index contributed by atoms with van der Waals surface area (Å²) in [5.41, 5.74) is 0.933. The van der Waals surface area contributed by atoms with E-state index >= 15 is 0 Å². The molecule has 0 saturated heterocycles. The number of nitrogens with zero attached hydrogens (tertiary/aromatic N) is 2. The van der Waals surface area contributed by atoms with Crippen LogP contribution in [0.25, 0.3) is 0 Å². The van der Waals surface area contributed by atoms with Gasteiger partial charge in [-0.25, -0.2) is 8.42 Å². The van der Waals surface area contributed by atoms with E-state index in [1.165, 1.54) is 17.0 Å². The molecule has 40 heavy (non-hydrogen) atoms. The summed E-state index contributed by atoms with van der Waals surface area (Å²) in [6, 6.07) is 20.6. The van der Waals surface area contributed by atoms with Crippen molar-refractivity contribution in [2.24, 2.45) is 0 Å². The Hall–Kier alpha value is -3.56. The predicted octanol–water partition coefficient (Wildman–Crippen LogP) is 5.27. The lowest BCUT2D eigenvalue weighted by Crippen LogP contribution is -2.51. The van der Waals surface area contributed by atoms with Crippen LogP contribution in [0.15, 0.2) is 83.8 Å². The Morgan fingerprint density at radius 2 is 1.60 bits per heavy atom. The molecule has 0 aliphatic carbocycles. The second-order valence-electron chi connectivity index (χ2n) is 9.19. The molecule has 3 aromatic rings. The average Bonchev–Trinajstić information content (AvgIpc) is 2.96. The Kier molecular flexibility index (Phi) is 11.4. The van der Waals surface area contributed by atoms with Crippen molar-refractivity contribution < 1.29 is 22.7 Å². The van der Waals surface area contributed by atoms with E-state index < -0.39 is 28.5 Å². The molecular weight excluding hydrogens is 550 g/mol. The van der Waals surface area contributed by atoms with E-state index in [9.17, 15) is 18.0 Å². The van der Waals surface area contributed by atoms with Gasteiger partial charge in [0.05, 0.1) is 17.2 Å². The third-order valence-electron chi connectivity index (χ3n) is 6.34. The Labute approximate surface area is 241 Å². The second kappa shape index (κ2) is 14.7. The minimum atomic E-state index is -4.13. The zero-order chi connectivity index (χ0) is 29.1. The van der Waals surface area contributed by atoms with Gasteiger partial charge in [0.15, 0.2) is 0 Å². The van der Waals surface area contributed by atoms with Crippen LogP contribution < -0.4 is 14.4 Å². The molecular formula is C30H36ClN3O5S. The molecule has 0 heterocycles. The smallest absolute Gasteiger partial charge is 0.264 e. The van der Waals surface area contributed by atoms with Crippen LogP contribution in [-0.4, -0.2) is 50.9 Å². The monoisotopic (exact) mass is 585 g/mol. The highest BCUT2D eigenvalue weighted by atomic mass is 35.5. The molecule has 3 rings (SSSR count). The summed E-state index contributed by atoms with van der Waals surface area (Å²) >= 11 is 6.40. The van der Waals surface area contributed by atoms with Crippen LogP contribution in [-0.2, 0) is 26.2 Å². The number of benzene rings is 3. The normalized spacial score (nSPS) is 11.9. The SMILES string of the molecule is CCCCNC(=O)[C@H](C)N(Cc1ccccc1Cl)C(=O)CN(c1ccc(OCC)cc1)S(=O)(=O)c1ccccc1. The van der Waals surface area contributed by atoms with Crippen molar-refractivity contribution in [3.63, 3.8) is 0 Å². The van der Waals surface area contributed by atoms with Gasteiger partial charge in [0, 0.05) is 18.1 Å². The molecule has 214 valence electrons. The summed E-state index contributed by atoms with van der Waals surface area (Å²) in [6.07, 6.45) is 1.71. The molecule has 10 heteroatoms. The van der Waals surface area contributed by atoms with Crippen molar-refractivity contribution >= 4 is 39.1 Å². The zero-order valence-electron chi connectivity index (χ0n) is 23.0. The van der Waals surface area contributed by atoms with Gasteiger partial charge in [0.25, 0.3) is 10.0 Å². The fraction of sp³-hybridized carbons (Fsp3) is 0.333. The van der Waals surface area contributed by atoms with Gasteiger partial charge in [-0.2, -0.15) is 0 Å². The fourth-order valence-corrected chi connectivity index (χ4v) is 5.68. The van der Waals surface area contributed by atoms with Crippen molar-refractivity contribution in [2.45, 2.75) is 51.1 Å². The number of anilines is 1. The van der Waals surface area contributed by atoms with Crippen LogP contribution in [0.1, 0.15) is 39.2 Å². The molecule has 0 spiro atoms. The van der Waals surface area contributed by atoms with Gasteiger partial charge in [-0.1, -0.05) is 61.3 Å². The van der Waals surface area contributed by atoms with E-state index in [4.69, 9.17) is 16.3 Å². The molecule has 0 bridgehead atoms. The van der Waals surface area contributed by atoms with Crippen LogP contribution >= 0.6 is 11.6 Å². The summed E-state index contributed by atoms with van der Waals surface area (Å²) in [5, 5.41) is 3.31. The first-order chi connectivity index (χ1) is 19.2. The quantitative estimate of drug-likeness (QED) is 0.260. The number of halogens is 1. The van der Waals surface area contributed by atoms with Gasteiger partial charge in [-0.3, -0.25) is 13.9 Å². The largest absolute Gasteiger partial charge is 0.494 e. The van der Waals surface area contributed by atoms with E-state index in [1.54, 1.807) is 73.7 Å². The lowest BCUT2D eigenvalue weighted by atomic mass is 10.1. The van der Waals surface area contributed by atoms with Crippen LogP contribution in [0, 0.1) is 0 Å². The fourth-order valence-electron chi connectivity index (χ4n) is 4.05. The van der Waals surface area contributed by atoms with Gasteiger partial charge >= 0.3 is 0 Å². The van der Waals surface area contributed by atoms with Crippen LogP contribution in [0.3, 0.4) is 0 Å². The van der Waals surface area contributed by atoms with Crippen molar-refractivity contribution in [3.05, 3.63) is 89.4 Å². The molecule has 1 N–H and O–H groups in total. The third-order valence-corrected chi connectivity index (χ3v) is 8.50. The molecule has 0 saturated carbocycles. The molecule has 0 radical (unpaired) electrons. The van der Waals surface area contributed by atoms with E-state index in [0.29, 0.717) is 35.2 Å². The number of nitrogens with one attached hydrogen (secondary N) is 1. The average molecular weight is 586 g/mol. The molecule has 2 amide bonds. The predicted molar refractivity (Wildman–Crippen MR) is 158 cm³/mol. The molecule has 0 unspecified atom stereocenters. The summed E-state index contributed by atoms with van der Waals surface area (Å²) in [4.78, 5) is 28.4. The number of carbonyl (C=O) groups excluding carboxylic acids is 2. The van der Waals surface area contributed by atoms with Crippen molar-refractivity contribution in [2.75, 3.05) is 24.0 Å². The minimum Gasteiger partial charge on any atom is -0.494 e. The maximum Gasteiger partial charge on any atom is 0.264 e. The number of amides is 2. The van der Waals surface area contributed by atoms with Gasteiger partial charge in [-0.05, 0) is 68.3 Å². The van der Waals surface area contributed by atoms with Crippen molar-refractivity contribution in [3.8, 4) is 5.75 Å². The first-order valence-corrected chi connectivity index (χ1v) is 15.1. The lowest BCUT2D eigenvalue weighted by Gasteiger charge is -2.32. The molecule has 0 aromatic heterocycles. The highest BCUT2D eigenvalue weighted by molar-refractivity contribution is 7.92. The van der Waals surface area contributed by atoms with Gasteiger partial charge < -0.3 is 15.0 Å². The standard InChI is InChI=1S/C30H36ClN3O5S/c1-4-6-20-32-30(36)23(3)33(21-24-12-10-11-15-28(24)31)29(35)22-34(25-16-18-26(19-17-25)39-5-2)40(37,38)27-13-8-7-9-14-27/h7-19,23H,4-6,20-22H2,1-3H3,(H,32,36)/t23-/m0/s1. The minimum absolute atomic E-state index is 0.0311. The van der Waals surface area contributed by atoms with Crippen LogP contribution in [0.4, 0.5) is 5.69 Å². The number of unbranched alkanes of at least 4 members (excludes halogenated alkanes) is 1. The summed E-state index contributed by atoms with van der Waals surface area (Å²) in [7, 11) is -4.13. The molecule has 1 atom stereocenters. The Balaban J connectivity index is 2.00. The third kappa shape index (κ3) is 7.99. The van der Waals surface area contributed by atoms with Gasteiger partial charge in [-0.15, -0.1) is 0 Å². The molecule has 3 aromatic carbocycles. The maximum atomic E-state index is 13.9. The summed E-state index contributed by atoms with van der Waals surface area (Å²) < 4.78 is 34.2. The zero-order valence-corrected chi connectivity index (χ0v) is 24.6. The van der Waals surface area contributed by atoms with E-state index in [2.05, 4.69) is 5.32 Å². The highest BCUT2D eigenvalue weighted by Gasteiger charge is 2.32. The Morgan fingerprint density at radius 1 is 0.950 bits per heavy atom. The maximum absolute atomic E-state index is 13.9. The summed E-state index contributed by atoms with van der Waals surface area (Å²) in [5.74, 6) is -0.300. The van der Waals surface area contributed by atoms with Crippen molar-refractivity contribution in [1.29, 1.82) is 0 Å².